The zero-order valence-corrected chi connectivity index (χ0v) is 13.1. The maximum Gasteiger partial charge on any atom is 0.0739 e. The summed E-state index contributed by atoms with van der Waals surface area (Å²) in [5.41, 5.74) is 2.32. The molecule has 1 rings (SSSR count). The molecule has 0 saturated carbocycles. The van der Waals surface area contributed by atoms with Gasteiger partial charge in [-0.2, -0.15) is 5.10 Å². The molecule has 0 bridgehead atoms. The van der Waals surface area contributed by atoms with Gasteiger partial charge in [-0.05, 0) is 49.2 Å². The van der Waals surface area contributed by atoms with Crippen LogP contribution in [0.15, 0.2) is 4.47 Å². The lowest BCUT2D eigenvalue weighted by molar-refractivity contribution is 0.569. The lowest BCUT2D eigenvalue weighted by atomic mass is 10.3. The molecule has 5 heteroatoms. The van der Waals surface area contributed by atoms with Gasteiger partial charge >= 0.3 is 0 Å². The van der Waals surface area contributed by atoms with Crippen LogP contribution >= 0.6 is 31.9 Å². The fourth-order valence-corrected chi connectivity index (χ4v) is 2.41. The molecular formula is C11H19Br2N3. The second-order valence-electron chi connectivity index (χ2n) is 3.73. The van der Waals surface area contributed by atoms with Crippen molar-refractivity contribution in [2.75, 3.05) is 11.9 Å². The van der Waals surface area contributed by atoms with E-state index in [1.165, 1.54) is 18.5 Å². The van der Waals surface area contributed by atoms with Crippen LogP contribution in [0.1, 0.15) is 31.2 Å². The molecule has 1 N–H and O–H groups in total. The van der Waals surface area contributed by atoms with Crippen LogP contribution in [0.2, 0.25) is 0 Å². The third-order valence-electron chi connectivity index (χ3n) is 2.48. The molecule has 1 aromatic rings. The van der Waals surface area contributed by atoms with Gasteiger partial charge in [0.25, 0.3) is 0 Å². The van der Waals surface area contributed by atoms with E-state index in [-0.39, 0.29) is 0 Å². The van der Waals surface area contributed by atoms with Crippen LogP contribution in [0, 0.1) is 6.92 Å². The maximum absolute atomic E-state index is 4.47. The number of alkyl halides is 1. The largest absolute Gasteiger partial charge is 0.311 e. The highest BCUT2D eigenvalue weighted by atomic mass is 79.9. The van der Waals surface area contributed by atoms with Crippen LogP contribution < -0.4 is 5.32 Å². The Kier molecular flexibility index (Phi) is 6.61. The minimum absolute atomic E-state index is 0.886. The summed E-state index contributed by atoms with van der Waals surface area (Å²) in [6.45, 7) is 7.02. The van der Waals surface area contributed by atoms with E-state index in [9.17, 15) is 0 Å². The second kappa shape index (κ2) is 7.45. The Morgan fingerprint density at radius 1 is 1.38 bits per heavy atom. The SMILES string of the molecule is CCn1nc(C)c(Br)c1CNCCCCBr. The Labute approximate surface area is 114 Å². The Morgan fingerprint density at radius 2 is 2.12 bits per heavy atom. The minimum Gasteiger partial charge on any atom is -0.311 e. The number of aryl methyl sites for hydroxylation is 2. The molecular weight excluding hydrogens is 334 g/mol. The van der Waals surface area contributed by atoms with Crippen molar-refractivity contribution in [1.29, 1.82) is 0 Å². The van der Waals surface area contributed by atoms with Crippen LogP contribution in [0.25, 0.3) is 0 Å². The number of hydrogen-bond donors (Lipinski definition) is 1. The highest BCUT2D eigenvalue weighted by Crippen LogP contribution is 2.20. The molecule has 0 unspecified atom stereocenters. The zero-order chi connectivity index (χ0) is 12.0. The quantitative estimate of drug-likeness (QED) is 0.603. The van der Waals surface area contributed by atoms with E-state index in [1.54, 1.807) is 0 Å². The smallest absolute Gasteiger partial charge is 0.0739 e. The van der Waals surface area contributed by atoms with Crippen molar-refractivity contribution >= 4 is 31.9 Å². The van der Waals surface area contributed by atoms with Gasteiger partial charge in [0.05, 0.1) is 15.9 Å². The standard InChI is InChI=1S/C11H19Br2N3/c1-3-16-10(11(13)9(2)15-16)8-14-7-5-4-6-12/h14H,3-8H2,1-2H3. The van der Waals surface area contributed by atoms with Crippen molar-refractivity contribution in [2.24, 2.45) is 0 Å². The monoisotopic (exact) mass is 351 g/mol. The minimum atomic E-state index is 0.886. The van der Waals surface area contributed by atoms with Gasteiger partial charge in [0.15, 0.2) is 0 Å². The van der Waals surface area contributed by atoms with Gasteiger partial charge in [-0.3, -0.25) is 4.68 Å². The predicted octanol–water partition coefficient (Wildman–Crippen LogP) is 3.24. The van der Waals surface area contributed by atoms with Gasteiger partial charge in [-0.15, -0.1) is 0 Å². The number of nitrogens with zero attached hydrogens (tertiary/aromatic N) is 2. The Hall–Kier alpha value is 0.130. The molecule has 3 nitrogen and oxygen atoms in total. The summed E-state index contributed by atoms with van der Waals surface area (Å²) < 4.78 is 3.19. The highest BCUT2D eigenvalue weighted by Gasteiger charge is 2.10. The van der Waals surface area contributed by atoms with Gasteiger partial charge in [-0.25, -0.2) is 0 Å². The summed E-state index contributed by atoms with van der Waals surface area (Å²) in [6, 6.07) is 0. The third-order valence-corrected chi connectivity index (χ3v) is 4.07. The molecule has 0 spiro atoms. The number of hydrogen-bond acceptors (Lipinski definition) is 2. The van der Waals surface area contributed by atoms with Crippen LogP contribution in [0.5, 0.6) is 0 Å². The molecule has 0 saturated heterocycles. The maximum atomic E-state index is 4.47. The summed E-state index contributed by atoms with van der Waals surface area (Å²) in [5, 5.41) is 9.01. The Bertz CT molecular complexity index is 323. The first kappa shape index (κ1) is 14.2. The Morgan fingerprint density at radius 3 is 2.75 bits per heavy atom. The van der Waals surface area contributed by atoms with E-state index in [0.29, 0.717) is 0 Å². The first-order valence-electron chi connectivity index (χ1n) is 5.69. The van der Waals surface area contributed by atoms with Crippen molar-refractivity contribution < 1.29 is 0 Å². The van der Waals surface area contributed by atoms with Crippen LogP contribution in [0.3, 0.4) is 0 Å². The molecule has 1 aromatic heterocycles. The van der Waals surface area contributed by atoms with Crippen LogP contribution in [-0.2, 0) is 13.1 Å². The fourth-order valence-electron chi connectivity index (χ4n) is 1.59. The van der Waals surface area contributed by atoms with Gasteiger partial charge in [-0.1, -0.05) is 15.9 Å². The summed E-state index contributed by atoms with van der Waals surface area (Å²) in [6.07, 6.45) is 2.43. The molecule has 0 radical (unpaired) electrons. The zero-order valence-electron chi connectivity index (χ0n) is 9.89. The number of rotatable bonds is 7. The van der Waals surface area contributed by atoms with Crippen molar-refractivity contribution in [3.05, 3.63) is 15.9 Å². The summed E-state index contributed by atoms with van der Waals surface area (Å²) in [7, 11) is 0. The van der Waals surface area contributed by atoms with Gasteiger partial charge < -0.3 is 5.32 Å². The lowest BCUT2D eigenvalue weighted by Gasteiger charge is -2.07. The van der Waals surface area contributed by atoms with Crippen molar-refractivity contribution in [1.82, 2.24) is 15.1 Å². The van der Waals surface area contributed by atoms with E-state index >= 15 is 0 Å². The number of unbranched alkanes of at least 4 members (excludes halogenated alkanes) is 1. The van der Waals surface area contributed by atoms with Gasteiger partial charge in [0.1, 0.15) is 0 Å². The fraction of sp³-hybridized carbons (Fsp3) is 0.727. The first-order chi connectivity index (χ1) is 7.70. The normalized spacial score (nSPS) is 11.0. The van der Waals surface area contributed by atoms with E-state index < -0.39 is 0 Å². The first-order valence-corrected chi connectivity index (χ1v) is 7.60. The predicted molar refractivity (Wildman–Crippen MR) is 75.1 cm³/mol. The van der Waals surface area contributed by atoms with E-state index in [0.717, 1.165) is 35.1 Å². The summed E-state index contributed by atoms with van der Waals surface area (Å²) >= 11 is 7.03. The molecule has 0 aliphatic rings. The van der Waals surface area contributed by atoms with Gasteiger partial charge in [0.2, 0.25) is 0 Å². The number of aromatic nitrogens is 2. The van der Waals surface area contributed by atoms with Crippen molar-refractivity contribution in [2.45, 2.75) is 39.8 Å². The number of nitrogens with one attached hydrogen (secondary N) is 1. The summed E-state index contributed by atoms with van der Waals surface area (Å²) in [5.74, 6) is 0. The van der Waals surface area contributed by atoms with E-state index in [1.807, 2.05) is 6.92 Å². The average molecular weight is 353 g/mol. The van der Waals surface area contributed by atoms with Crippen LogP contribution in [-0.4, -0.2) is 21.7 Å². The molecule has 92 valence electrons. The molecule has 0 aliphatic carbocycles. The average Bonchev–Trinajstić information content (AvgIpc) is 2.56. The molecule has 16 heavy (non-hydrogen) atoms. The van der Waals surface area contributed by atoms with E-state index in [2.05, 4.69) is 53.9 Å². The second-order valence-corrected chi connectivity index (χ2v) is 5.32. The number of halogens is 2. The van der Waals surface area contributed by atoms with Gasteiger partial charge in [0, 0.05) is 18.4 Å². The topological polar surface area (TPSA) is 29.9 Å². The molecule has 1 heterocycles. The van der Waals surface area contributed by atoms with Crippen molar-refractivity contribution in [3.63, 3.8) is 0 Å². The molecule has 0 fully saturated rings. The summed E-state index contributed by atoms with van der Waals surface area (Å²) in [4.78, 5) is 0. The Balaban J connectivity index is 2.46. The molecule has 0 aromatic carbocycles. The lowest BCUT2D eigenvalue weighted by Crippen LogP contribution is -2.18. The molecule has 0 aliphatic heterocycles. The highest BCUT2D eigenvalue weighted by molar-refractivity contribution is 9.10. The van der Waals surface area contributed by atoms with Crippen molar-refractivity contribution in [3.8, 4) is 0 Å². The molecule has 0 amide bonds. The third kappa shape index (κ3) is 3.86. The van der Waals surface area contributed by atoms with E-state index in [4.69, 9.17) is 0 Å². The van der Waals surface area contributed by atoms with Crippen LogP contribution in [0.4, 0.5) is 0 Å². The molecule has 0 atom stereocenters.